The second-order valence-electron chi connectivity index (χ2n) is 8.16. The summed E-state index contributed by atoms with van der Waals surface area (Å²) in [6.45, 7) is 2.23. The number of nitrogens with zero attached hydrogens (tertiary/aromatic N) is 1. The van der Waals surface area contributed by atoms with E-state index in [0.29, 0.717) is 16.8 Å². The van der Waals surface area contributed by atoms with Gasteiger partial charge in [-0.2, -0.15) is 0 Å². The number of anilines is 2. The number of aryl methyl sites for hydroxylation is 1. The minimum absolute atomic E-state index is 0.0877. The van der Waals surface area contributed by atoms with Crippen molar-refractivity contribution in [2.24, 2.45) is 5.92 Å². The number of hydrogen-bond acceptors (Lipinski definition) is 4. The van der Waals surface area contributed by atoms with Crippen LogP contribution >= 0.6 is 0 Å². The molecule has 0 bridgehead atoms. The summed E-state index contributed by atoms with van der Waals surface area (Å²) in [5, 5.41) is 2.80. The zero-order chi connectivity index (χ0) is 22.4. The number of carbonyl (C=O) groups is 4. The number of fused-ring (bicyclic) bond motifs is 2. The first-order valence-corrected chi connectivity index (χ1v) is 10.4. The molecule has 1 fully saturated rings. The Balaban J connectivity index is 1.40. The van der Waals surface area contributed by atoms with Crippen LogP contribution < -0.4 is 10.2 Å². The van der Waals surface area contributed by atoms with Gasteiger partial charge in [0, 0.05) is 35.3 Å². The summed E-state index contributed by atoms with van der Waals surface area (Å²) in [6.07, 6.45) is 0.0877. The number of rotatable bonds is 3. The van der Waals surface area contributed by atoms with E-state index in [4.69, 9.17) is 0 Å². The van der Waals surface area contributed by atoms with Crippen molar-refractivity contribution in [2.45, 2.75) is 13.3 Å². The molecule has 2 amide bonds. The minimum atomic E-state index is -0.554. The van der Waals surface area contributed by atoms with Gasteiger partial charge in [-0.25, -0.2) is 0 Å². The normalized spacial score (nSPS) is 17.2. The smallest absolute Gasteiger partial charge is 0.229 e. The zero-order valence-electron chi connectivity index (χ0n) is 17.4. The van der Waals surface area contributed by atoms with E-state index < -0.39 is 5.92 Å². The van der Waals surface area contributed by atoms with E-state index in [-0.39, 0.29) is 47.5 Å². The van der Waals surface area contributed by atoms with E-state index in [1.165, 1.54) is 0 Å². The average molecular weight is 424 g/mol. The van der Waals surface area contributed by atoms with Crippen molar-refractivity contribution in [1.29, 1.82) is 0 Å². The van der Waals surface area contributed by atoms with E-state index in [0.717, 1.165) is 11.3 Å². The number of amides is 2. The number of carbonyl (C=O) groups excluding carboxylic acids is 4. The number of nitrogens with one attached hydrogen (secondary N) is 1. The summed E-state index contributed by atoms with van der Waals surface area (Å²) >= 11 is 0. The van der Waals surface area contributed by atoms with Crippen molar-refractivity contribution >= 4 is 34.8 Å². The van der Waals surface area contributed by atoms with E-state index in [9.17, 15) is 19.2 Å². The van der Waals surface area contributed by atoms with Crippen molar-refractivity contribution in [2.75, 3.05) is 16.8 Å². The third kappa shape index (κ3) is 3.21. The van der Waals surface area contributed by atoms with Gasteiger partial charge in [0.15, 0.2) is 11.6 Å². The van der Waals surface area contributed by atoms with Crippen LogP contribution in [0.3, 0.4) is 0 Å². The fourth-order valence-electron chi connectivity index (χ4n) is 4.34. The van der Waals surface area contributed by atoms with Crippen LogP contribution in [0.1, 0.15) is 43.8 Å². The lowest BCUT2D eigenvalue weighted by atomic mass is 9.83. The van der Waals surface area contributed by atoms with Gasteiger partial charge >= 0.3 is 0 Å². The summed E-state index contributed by atoms with van der Waals surface area (Å²) < 4.78 is 0. The molecule has 3 aromatic rings. The quantitative estimate of drug-likeness (QED) is 0.543. The summed E-state index contributed by atoms with van der Waals surface area (Å²) in [5.74, 6) is -1.56. The molecule has 0 saturated carbocycles. The van der Waals surface area contributed by atoms with E-state index >= 15 is 0 Å². The van der Waals surface area contributed by atoms with Crippen molar-refractivity contribution in [3.8, 4) is 0 Å². The lowest BCUT2D eigenvalue weighted by molar-refractivity contribution is -0.122. The zero-order valence-corrected chi connectivity index (χ0v) is 17.4. The molecule has 1 N–H and O–H groups in total. The monoisotopic (exact) mass is 424 g/mol. The Hall–Kier alpha value is -4.06. The molecule has 32 heavy (non-hydrogen) atoms. The largest absolute Gasteiger partial charge is 0.325 e. The molecule has 1 saturated heterocycles. The van der Waals surface area contributed by atoms with E-state index in [1.807, 2.05) is 31.2 Å². The Kier molecular flexibility index (Phi) is 4.70. The molecule has 6 heteroatoms. The molecular formula is C26H20N2O4. The van der Waals surface area contributed by atoms with Crippen LogP contribution in [0.2, 0.25) is 0 Å². The SMILES string of the molecule is Cc1ccc(N2CC(C(=O)Nc3cccc4c3C(=O)c3ccccc3C4=O)CC2=O)cc1. The lowest BCUT2D eigenvalue weighted by Crippen LogP contribution is -2.29. The van der Waals surface area contributed by atoms with Crippen LogP contribution in [-0.4, -0.2) is 29.9 Å². The molecule has 2 aliphatic rings. The second kappa shape index (κ2) is 7.57. The van der Waals surface area contributed by atoms with Crippen molar-refractivity contribution in [3.05, 3.63) is 94.5 Å². The number of benzene rings is 3. The molecule has 1 unspecified atom stereocenters. The summed E-state index contributed by atoms with van der Waals surface area (Å²) in [5.41, 5.74) is 3.30. The first kappa shape index (κ1) is 19.9. The van der Waals surface area contributed by atoms with Crippen LogP contribution in [0.25, 0.3) is 0 Å². The standard InChI is InChI=1S/C26H20N2O4/c1-15-9-11-17(12-10-15)28-14-16(13-22(28)29)26(32)27-21-8-4-7-20-23(21)25(31)19-6-3-2-5-18(19)24(20)30/h2-12,16H,13-14H2,1H3,(H,27,32). The van der Waals surface area contributed by atoms with Gasteiger partial charge < -0.3 is 10.2 Å². The van der Waals surface area contributed by atoms with Gasteiger partial charge in [-0.3, -0.25) is 19.2 Å². The molecule has 5 rings (SSSR count). The maximum atomic E-state index is 13.1. The molecule has 0 aromatic heterocycles. The molecule has 1 aliphatic heterocycles. The second-order valence-corrected chi connectivity index (χ2v) is 8.16. The minimum Gasteiger partial charge on any atom is -0.325 e. The lowest BCUT2D eigenvalue weighted by Gasteiger charge is -2.21. The summed E-state index contributed by atoms with van der Waals surface area (Å²) in [4.78, 5) is 53.2. The highest BCUT2D eigenvalue weighted by atomic mass is 16.2. The molecule has 1 atom stereocenters. The molecule has 1 heterocycles. The third-order valence-corrected chi connectivity index (χ3v) is 6.05. The van der Waals surface area contributed by atoms with Gasteiger partial charge in [0.1, 0.15) is 0 Å². The third-order valence-electron chi connectivity index (χ3n) is 6.05. The Bertz CT molecular complexity index is 1290. The van der Waals surface area contributed by atoms with E-state index in [2.05, 4.69) is 5.32 Å². The molecule has 0 spiro atoms. The molecular weight excluding hydrogens is 404 g/mol. The maximum Gasteiger partial charge on any atom is 0.229 e. The topological polar surface area (TPSA) is 83.6 Å². The van der Waals surface area contributed by atoms with Gasteiger partial charge in [-0.15, -0.1) is 0 Å². The van der Waals surface area contributed by atoms with Gasteiger partial charge in [-0.1, -0.05) is 54.1 Å². The van der Waals surface area contributed by atoms with Gasteiger partial charge in [-0.05, 0) is 25.1 Å². The maximum absolute atomic E-state index is 13.1. The predicted molar refractivity (Wildman–Crippen MR) is 120 cm³/mol. The Morgan fingerprint density at radius 3 is 2.22 bits per heavy atom. The molecule has 158 valence electrons. The number of hydrogen-bond donors (Lipinski definition) is 1. The van der Waals surface area contributed by atoms with E-state index in [1.54, 1.807) is 47.4 Å². The van der Waals surface area contributed by atoms with Gasteiger partial charge in [0.2, 0.25) is 11.8 Å². The first-order chi connectivity index (χ1) is 15.4. The molecule has 0 radical (unpaired) electrons. The van der Waals surface area contributed by atoms with Gasteiger partial charge in [0.25, 0.3) is 0 Å². The van der Waals surface area contributed by atoms with Crippen LogP contribution in [0.4, 0.5) is 11.4 Å². The molecule has 3 aromatic carbocycles. The Morgan fingerprint density at radius 1 is 0.844 bits per heavy atom. The average Bonchev–Trinajstić information content (AvgIpc) is 3.19. The fourth-order valence-corrected chi connectivity index (χ4v) is 4.34. The number of ketones is 2. The highest BCUT2D eigenvalue weighted by molar-refractivity contribution is 6.30. The highest BCUT2D eigenvalue weighted by Gasteiger charge is 2.37. The van der Waals surface area contributed by atoms with Crippen LogP contribution in [-0.2, 0) is 9.59 Å². The van der Waals surface area contributed by atoms with Crippen molar-refractivity contribution in [1.82, 2.24) is 0 Å². The Labute approximate surface area is 184 Å². The molecule has 6 nitrogen and oxygen atoms in total. The van der Waals surface area contributed by atoms with Gasteiger partial charge in [0.05, 0.1) is 17.2 Å². The highest BCUT2D eigenvalue weighted by Crippen LogP contribution is 2.33. The molecule has 1 aliphatic carbocycles. The Morgan fingerprint density at radius 2 is 1.50 bits per heavy atom. The summed E-state index contributed by atoms with van der Waals surface area (Å²) in [6, 6.07) is 19.1. The van der Waals surface area contributed by atoms with Crippen LogP contribution in [0.5, 0.6) is 0 Å². The van der Waals surface area contributed by atoms with Crippen LogP contribution in [0, 0.1) is 12.8 Å². The predicted octanol–water partition coefficient (Wildman–Crippen LogP) is 3.76. The summed E-state index contributed by atoms with van der Waals surface area (Å²) in [7, 11) is 0. The van der Waals surface area contributed by atoms with Crippen LogP contribution in [0.15, 0.2) is 66.7 Å². The first-order valence-electron chi connectivity index (χ1n) is 10.4. The van der Waals surface area contributed by atoms with Crippen molar-refractivity contribution < 1.29 is 19.2 Å². The fraction of sp³-hybridized carbons (Fsp3) is 0.154. The van der Waals surface area contributed by atoms with Crippen molar-refractivity contribution in [3.63, 3.8) is 0 Å².